The van der Waals surface area contributed by atoms with Crippen LogP contribution in [-0.2, 0) is 19.1 Å². The standard InChI is InChI=1S/C12H19N3O6/c1-15(2,3)6-7(4-10(17)18)21-11(19)8-5-9(16)14-12(20)13-8/h7-8H,4-6H2,1-3H3,(H2-,13,14,16,17,18,20). The Morgan fingerprint density at radius 1 is 1.38 bits per heavy atom. The number of aliphatic carboxylic acids is 1. The zero-order valence-corrected chi connectivity index (χ0v) is 12.2. The largest absolute Gasteiger partial charge is 0.550 e. The molecule has 1 aliphatic heterocycles. The Morgan fingerprint density at radius 2 is 2.00 bits per heavy atom. The van der Waals surface area contributed by atoms with Gasteiger partial charge in [0.2, 0.25) is 5.91 Å². The third-order valence-electron chi connectivity index (χ3n) is 2.66. The predicted molar refractivity (Wildman–Crippen MR) is 67.5 cm³/mol. The summed E-state index contributed by atoms with van der Waals surface area (Å²) in [6.07, 6.45) is -1.59. The summed E-state index contributed by atoms with van der Waals surface area (Å²) in [5.41, 5.74) is 0. The number of imide groups is 1. The number of esters is 1. The van der Waals surface area contributed by atoms with Crippen molar-refractivity contribution in [2.24, 2.45) is 0 Å². The summed E-state index contributed by atoms with van der Waals surface area (Å²) in [7, 11) is 5.43. The van der Waals surface area contributed by atoms with Gasteiger partial charge in [0.1, 0.15) is 12.6 Å². The molecule has 9 nitrogen and oxygen atoms in total. The van der Waals surface area contributed by atoms with E-state index in [2.05, 4.69) is 5.32 Å². The highest BCUT2D eigenvalue weighted by atomic mass is 16.5. The molecular weight excluding hydrogens is 282 g/mol. The molecule has 0 bridgehead atoms. The fourth-order valence-electron chi connectivity index (χ4n) is 1.94. The van der Waals surface area contributed by atoms with Crippen LogP contribution in [0.2, 0.25) is 0 Å². The summed E-state index contributed by atoms with van der Waals surface area (Å²) in [5.74, 6) is -2.77. The number of carbonyl (C=O) groups excluding carboxylic acids is 4. The summed E-state index contributed by atoms with van der Waals surface area (Å²) in [5, 5.41) is 15.0. The molecule has 0 aromatic carbocycles. The Hall–Kier alpha value is -2.16. The van der Waals surface area contributed by atoms with Gasteiger partial charge in [0.15, 0.2) is 6.10 Å². The SMILES string of the molecule is C[N+](C)(C)CC(CC(=O)[O-])OC(=O)C1CC(=O)NC(=O)N1. The maximum atomic E-state index is 11.9. The first kappa shape index (κ1) is 16.9. The van der Waals surface area contributed by atoms with Crippen molar-refractivity contribution < 1.29 is 33.5 Å². The maximum absolute atomic E-state index is 11.9. The highest BCUT2D eigenvalue weighted by Gasteiger charge is 2.33. The van der Waals surface area contributed by atoms with Crippen molar-refractivity contribution in [3.05, 3.63) is 0 Å². The fraction of sp³-hybridized carbons (Fsp3) is 0.667. The van der Waals surface area contributed by atoms with Gasteiger partial charge in [0, 0.05) is 12.4 Å². The molecular formula is C12H19N3O6. The van der Waals surface area contributed by atoms with Crippen LogP contribution < -0.4 is 15.7 Å². The lowest BCUT2D eigenvalue weighted by molar-refractivity contribution is -0.873. The third-order valence-corrected chi connectivity index (χ3v) is 2.66. The number of likely N-dealkylation sites (N-methyl/N-ethyl adjacent to an activating group) is 1. The van der Waals surface area contributed by atoms with Gasteiger partial charge in [0.05, 0.1) is 27.6 Å². The van der Waals surface area contributed by atoms with Gasteiger partial charge in [0.25, 0.3) is 0 Å². The van der Waals surface area contributed by atoms with Crippen LogP contribution in [0, 0.1) is 0 Å². The molecule has 2 N–H and O–H groups in total. The van der Waals surface area contributed by atoms with E-state index in [4.69, 9.17) is 4.74 Å². The Labute approximate surface area is 121 Å². The van der Waals surface area contributed by atoms with E-state index in [1.54, 1.807) is 0 Å². The van der Waals surface area contributed by atoms with Gasteiger partial charge in [-0.1, -0.05) is 0 Å². The first-order chi connectivity index (χ1) is 9.56. The van der Waals surface area contributed by atoms with Crippen LogP contribution in [-0.4, -0.2) is 68.2 Å². The van der Waals surface area contributed by atoms with Gasteiger partial charge >= 0.3 is 12.0 Å². The normalized spacial score (nSPS) is 20.2. The van der Waals surface area contributed by atoms with E-state index in [0.29, 0.717) is 4.48 Å². The van der Waals surface area contributed by atoms with Crippen molar-refractivity contribution in [3.8, 4) is 0 Å². The van der Waals surface area contributed by atoms with Crippen molar-refractivity contribution in [1.82, 2.24) is 10.6 Å². The van der Waals surface area contributed by atoms with Crippen molar-refractivity contribution in [2.75, 3.05) is 27.7 Å². The molecule has 1 fully saturated rings. The van der Waals surface area contributed by atoms with Crippen LogP contribution in [0.15, 0.2) is 0 Å². The highest BCUT2D eigenvalue weighted by Crippen LogP contribution is 2.08. The van der Waals surface area contributed by atoms with E-state index < -0.39 is 42.4 Å². The molecule has 1 saturated heterocycles. The lowest BCUT2D eigenvalue weighted by Crippen LogP contribution is -2.56. The van der Waals surface area contributed by atoms with E-state index in [1.807, 2.05) is 26.5 Å². The molecule has 0 saturated carbocycles. The minimum atomic E-state index is -1.34. The van der Waals surface area contributed by atoms with E-state index in [1.165, 1.54) is 0 Å². The molecule has 2 atom stereocenters. The number of urea groups is 1. The number of rotatable bonds is 6. The zero-order valence-electron chi connectivity index (χ0n) is 12.2. The zero-order chi connectivity index (χ0) is 16.2. The van der Waals surface area contributed by atoms with Crippen LogP contribution in [0.4, 0.5) is 4.79 Å². The third kappa shape index (κ3) is 6.21. The van der Waals surface area contributed by atoms with Crippen LogP contribution in [0.25, 0.3) is 0 Å². The Bertz CT molecular complexity index is 440. The molecule has 3 amide bonds. The lowest BCUT2D eigenvalue weighted by Gasteiger charge is -2.30. The number of carboxylic acid groups (broad SMARTS) is 1. The summed E-state index contributed by atoms with van der Waals surface area (Å²) in [6.45, 7) is 0.257. The summed E-state index contributed by atoms with van der Waals surface area (Å²) in [6, 6.07) is -1.89. The highest BCUT2D eigenvalue weighted by molar-refractivity contribution is 6.01. The molecule has 0 aromatic heterocycles. The van der Waals surface area contributed by atoms with E-state index in [0.717, 1.165) is 0 Å². The fourth-order valence-corrected chi connectivity index (χ4v) is 1.94. The maximum Gasteiger partial charge on any atom is 0.329 e. The molecule has 2 unspecified atom stereocenters. The second-order valence-electron chi connectivity index (χ2n) is 5.89. The van der Waals surface area contributed by atoms with Gasteiger partial charge in [-0.25, -0.2) is 9.59 Å². The number of nitrogens with one attached hydrogen (secondary N) is 2. The van der Waals surface area contributed by atoms with Crippen molar-refractivity contribution in [2.45, 2.75) is 25.0 Å². The average molecular weight is 301 g/mol. The van der Waals surface area contributed by atoms with Gasteiger partial charge in [-0.2, -0.15) is 0 Å². The van der Waals surface area contributed by atoms with Crippen LogP contribution in [0.1, 0.15) is 12.8 Å². The molecule has 1 heterocycles. The number of amides is 3. The Morgan fingerprint density at radius 3 is 2.48 bits per heavy atom. The van der Waals surface area contributed by atoms with Crippen LogP contribution in [0.5, 0.6) is 0 Å². The molecule has 0 aliphatic carbocycles. The second-order valence-corrected chi connectivity index (χ2v) is 5.89. The Kier molecular flexibility index (Phi) is 5.25. The first-order valence-corrected chi connectivity index (χ1v) is 6.38. The predicted octanol–water partition coefficient (Wildman–Crippen LogP) is -2.66. The monoisotopic (exact) mass is 301 g/mol. The summed E-state index contributed by atoms with van der Waals surface area (Å²) >= 11 is 0. The van der Waals surface area contributed by atoms with Crippen molar-refractivity contribution in [3.63, 3.8) is 0 Å². The number of quaternary nitrogens is 1. The van der Waals surface area contributed by atoms with E-state index in [-0.39, 0.29) is 13.0 Å². The molecule has 0 spiro atoms. The molecule has 9 heteroatoms. The van der Waals surface area contributed by atoms with Gasteiger partial charge in [-0.3, -0.25) is 10.1 Å². The van der Waals surface area contributed by atoms with Crippen LogP contribution >= 0.6 is 0 Å². The molecule has 118 valence electrons. The topological polar surface area (TPSA) is 125 Å². The van der Waals surface area contributed by atoms with Crippen molar-refractivity contribution >= 4 is 23.9 Å². The smallest absolute Gasteiger partial charge is 0.329 e. The Balaban J connectivity index is 2.68. The number of carboxylic acids is 1. The van der Waals surface area contributed by atoms with Gasteiger partial charge in [-0.05, 0) is 0 Å². The molecule has 0 radical (unpaired) electrons. The van der Waals surface area contributed by atoms with Gasteiger partial charge < -0.3 is 24.4 Å². The first-order valence-electron chi connectivity index (χ1n) is 6.38. The number of hydrogen-bond donors (Lipinski definition) is 2. The summed E-state index contributed by atoms with van der Waals surface area (Å²) in [4.78, 5) is 45.0. The number of nitrogens with zero attached hydrogens (tertiary/aromatic N) is 1. The molecule has 1 rings (SSSR count). The molecule has 21 heavy (non-hydrogen) atoms. The van der Waals surface area contributed by atoms with Gasteiger partial charge in [-0.15, -0.1) is 0 Å². The van der Waals surface area contributed by atoms with Crippen molar-refractivity contribution in [1.29, 1.82) is 0 Å². The minimum absolute atomic E-state index is 0.243. The molecule has 1 aliphatic rings. The number of hydrogen-bond acceptors (Lipinski definition) is 6. The average Bonchev–Trinajstić information content (AvgIpc) is 2.23. The van der Waals surface area contributed by atoms with E-state index in [9.17, 15) is 24.3 Å². The number of carbonyl (C=O) groups is 4. The molecule has 0 aromatic rings. The minimum Gasteiger partial charge on any atom is -0.550 e. The quantitative estimate of drug-likeness (QED) is 0.407. The van der Waals surface area contributed by atoms with Crippen LogP contribution in [0.3, 0.4) is 0 Å². The number of ether oxygens (including phenoxy) is 1. The van der Waals surface area contributed by atoms with E-state index >= 15 is 0 Å². The second kappa shape index (κ2) is 6.53. The summed E-state index contributed by atoms with van der Waals surface area (Å²) < 4.78 is 5.48. The lowest BCUT2D eigenvalue weighted by atomic mass is 10.1.